The van der Waals surface area contributed by atoms with Crippen molar-refractivity contribution in [2.45, 2.75) is 12.8 Å². The van der Waals surface area contributed by atoms with E-state index in [2.05, 4.69) is 9.13 Å². The van der Waals surface area contributed by atoms with Gasteiger partial charge in [0.05, 0.1) is 12.9 Å². The van der Waals surface area contributed by atoms with Crippen LogP contribution in [0.1, 0.15) is 12.8 Å². The van der Waals surface area contributed by atoms with Crippen LogP contribution in [0, 0.1) is 0 Å². The lowest BCUT2D eigenvalue weighted by Crippen LogP contribution is -2.06. The maximum atomic E-state index is 10.7. The Morgan fingerprint density at radius 3 is 2.62 bits per heavy atom. The molecule has 0 fully saturated rings. The standard InChI is InChI=1S/C6H9NO5S/c1-12-6(9)3-2-4-13(10,11)7-5-8/h2-4H2,1H3. The molecule has 0 saturated heterocycles. The molecule has 0 aromatic carbocycles. The summed E-state index contributed by atoms with van der Waals surface area (Å²) in [5.74, 6) is -0.845. The van der Waals surface area contributed by atoms with Gasteiger partial charge in [0.15, 0.2) is 0 Å². The molecule has 0 bridgehead atoms. The summed E-state index contributed by atoms with van der Waals surface area (Å²) in [4.78, 5) is 20.1. The second kappa shape index (κ2) is 5.45. The van der Waals surface area contributed by atoms with E-state index < -0.39 is 16.0 Å². The van der Waals surface area contributed by atoms with Gasteiger partial charge in [0.2, 0.25) is 0 Å². The second-order valence-corrected chi connectivity index (χ2v) is 3.90. The molecule has 0 saturated carbocycles. The van der Waals surface area contributed by atoms with Crippen LogP contribution in [0.5, 0.6) is 0 Å². The normalized spacial score (nSPS) is 10.2. The van der Waals surface area contributed by atoms with Gasteiger partial charge in [-0.05, 0) is 6.42 Å². The average molecular weight is 207 g/mol. The van der Waals surface area contributed by atoms with Crippen LogP contribution in [0.25, 0.3) is 0 Å². The Hall–Kier alpha value is -1.20. The lowest BCUT2D eigenvalue weighted by molar-refractivity contribution is -0.140. The predicted molar refractivity (Wildman–Crippen MR) is 43.2 cm³/mol. The van der Waals surface area contributed by atoms with Crippen molar-refractivity contribution in [1.82, 2.24) is 0 Å². The Bertz CT molecular complexity index is 314. The summed E-state index contributed by atoms with van der Waals surface area (Å²) >= 11 is 0. The predicted octanol–water partition coefficient (Wildman–Crippen LogP) is -0.395. The Kier molecular flexibility index (Phi) is 4.94. The molecule has 0 aliphatic heterocycles. The molecule has 0 N–H and O–H groups in total. The smallest absolute Gasteiger partial charge is 0.305 e. The molecule has 0 radical (unpaired) electrons. The lowest BCUT2D eigenvalue weighted by Gasteiger charge is -1.96. The molecular weight excluding hydrogens is 198 g/mol. The maximum absolute atomic E-state index is 10.7. The highest BCUT2D eigenvalue weighted by Crippen LogP contribution is 1.98. The number of esters is 1. The first kappa shape index (κ1) is 11.8. The second-order valence-electron chi connectivity index (χ2n) is 2.15. The van der Waals surface area contributed by atoms with E-state index in [1.54, 1.807) is 0 Å². The number of hydrogen-bond acceptors (Lipinski definition) is 5. The molecule has 6 nitrogen and oxygen atoms in total. The van der Waals surface area contributed by atoms with Crippen molar-refractivity contribution >= 4 is 22.1 Å². The summed E-state index contributed by atoms with van der Waals surface area (Å²) in [6, 6.07) is 0. The third-order valence-corrected chi connectivity index (χ3v) is 2.34. The van der Waals surface area contributed by atoms with Crippen molar-refractivity contribution < 1.29 is 22.7 Å². The first-order valence-electron chi connectivity index (χ1n) is 3.40. The van der Waals surface area contributed by atoms with Crippen LogP contribution < -0.4 is 0 Å². The van der Waals surface area contributed by atoms with Crippen LogP contribution in [0.4, 0.5) is 0 Å². The largest absolute Gasteiger partial charge is 0.469 e. The van der Waals surface area contributed by atoms with Crippen LogP contribution in [0.2, 0.25) is 0 Å². The zero-order chi connectivity index (χ0) is 10.3. The van der Waals surface area contributed by atoms with Gasteiger partial charge < -0.3 is 4.74 Å². The third kappa shape index (κ3) is 6.01. The Morgan fingerprint density at radius 2 is 2.15 bits per heavy atom. The number of carbonyl (C=O) groups excluding carboxylic acids is 2. The first-order valence-corrected chi connectivity index (χ1v) is 5.01. The lowest BCUT2D eigenvalue weighted by atomic mass is 10.3. The van der Waals surface area contributed by atoms with Crippen LogP contribution in [-0.4, -0.2) is 33.3 Å². The molecule has 0 aromatic heterocycles. The summed E-state index contributed by atoms with van der Waals surface area (Å²) < 4.78 is 28.3. The fraction of sp³-hybridized carbons (Fsp3) is 0.667. The van der Waals surface area contributed by atoms with E-state index in [0.717, 1.165) is 6.08 Å². The van der Waals surface area contributed by atoms with E-state index in [9.17, 15) is 18.0 Å². The van der Waals surface area contributed by atoms with Crippen molar-refractivity contribution in [3.05, 3.63) is 0 Å². The van der Waals surface area contributed by atoms with E-state index in [-0.39, 0.29) is 18.6 Å². The minimum Gasteiger partial charge on any atom is -0.469 e. The van der Waals surface area contributed by atoms with E-state index in [0.29, 0.717) is 0 Å². The topological polar surface area (TPSA) is 89.9 Å². The number of rotatable bonds is 5. The fourth-order valence-corrected chi connectivity index (χ4v) is 1.32. The number of carbonyl (C=O) groups is 1. The summed E-state index contributed by atoms with van der Waals surface area (Å²) in [6.45, 7) is 0. The number of isocyanates is 1. The quantitative estimate of drug-likeness (QED) is 0.348. The van der Waals surface area contributed by atoms with Gasteiger partial charge in [0.1, 0.15) is 0 Å². The van der Waals surface area contributed by atoms with Crippen LogP contribution >= 0.6 is 0 Å². The van der Waals surface area contributed by atoms with E-state index in [1.807, 2.05) is 0 Å². The van der Waals surface area contributed by atoms with Gasteiger partial charge in [-0.15, -0.1) is 0 Å². The molecule has 0 aromatic rings. The molecule has 74 valence electrons. The maximum Gasteiger partial charge on any atom is 0.305 e. The SMILES string of the molecule is COC(=O)CCCS(=O)(=O)N=C=O. The van der Waals surface area contributed by atoms with E-state index in [4.69, 9.17) is 0 Å². The van der Waals surface area contributed by atoms with Gasteiger partial charge in [-0.25, -0.2) is 13.2 Å². The zero-order valence-electron chi connectivity index (χ0n) is 7.02. The number of hydrogen-bond donors (Lipinski definition) is 0. The minimum absolute atomic E-state index is 0.00981. The van der Waals surface area contributed by atoms with Crippen molar-refractivity contribution in [2.24, 2.45) is 4.40 Å². The highest BCUT2D eigenvalue weighted by molar-refractivity contribution is 7.90. The van der Waals surface area contributed by atoms with Gasteiger partial charge in [-0.3, -0.25) is 4.79 Å². The van der Waals surface area contributed by atoms with Crippen molar-refractivity contribution in [3.8, 4) is 0 Å². The van der Waals surface area contributed by atoms with E-state index >= 15 is 0 Å². The van der Waals surface area contributed by atoms with Crippen LogP contribution in [0.15, 0.2) is 4.40 Å². The zero-order valence-corrected chi connectivity index (χ0v) is 7.83. The number of methoxy groups -OCH3 is 1. The number of ether oxygens (including phenoxy) is 1. The molecule has 13 heavy (non-hydrogen) atoms. The molecule has 0 aliphatic carbocycles. The van der Waals surface area contributed by atoms with Crippen LogP contribution in [0.3, 0.4) is 0 Å². The first-order chi connectivity index (χ1) is 6.02. The van der Waals surface area contributed by atoms with Crippen LogP contribution in [-0.2, 0) is 24.3 Å². The summed E-state index contributed by atoms with van der Waals surface area (Å²) in [5.41, 5.74) is 0. The molecule has 7 heteroatoms. The Morgan fingerprint density at radius 1 is 1.54 bits per heavy atom. The summed E-state index contributed by atoms with van der Waals surface area (Å²) in [6.07, 6.45) is 1.00. The molecule has 0 atom stereocenters. The van der Waals surface area contributed by atoms with E-state index in [1.165, 1.54) is 7.11 Å². The molecule has 0 amide bonds. The number of sulfonamides is 1. The van der Waals surface area contributed by atoms with Crippen molar-refractivity contribution in [2.75, 3.05) is 12.9 Å². The minimum atomic E-state index is -3.74. The highest BCUT2D eigenvalue weighted by atomic mass is 32.2. The van der Waals surface area contributed by atoms with Gasteiger partial charge in [0, 0.05) is 6.42 Å². The van der Waals surface area contributed by atoms with Crippen molar-refractivity contribution in [1.29, 1.82) is 0 Å². The third-order valence-electron chi connectivity index (χ3n) is 1.19. The highest BCUT2D eigenvalue weighted by Gasteiger charge is 2.09. The molecule has 0 spiro atoms. The molecule has 0 unspecified atom stereocenters. The van der Waals surface area contributed by atoms with Gasteiger partial charge in [-0.2, -0.15) is 0 Å². The monoisotopic (exact) mass is 207 g/mol. The van der Waals surface area contributed by atoms with Gasteiger partial charge in [-0.1, -0.05) is 4.40 Å². The molecular formula is C6H9NO5S. The molecule has 0 heterocycles. The fourth-order valence-electron chi connectivity index (χ4n) is 0.603. The summed E-state index contributed by atoms with van der Waals surface area (Å²) in [5, 5.41) is 0. The molecule has 0 aliphatic rings. The number of nitrogens with zero attached hydrogens (tertiary/aromatic N) is 1. The molecule has 0 rings (SSSR count). The Balaban J connectivity index is 3.90. The van der Waals surface area contributed by atoms with Gasteiger partial charge in [0.25, 0.3) is 16.1 Å². The van der Waals surface area contributed by atoms with Gasteiger partial charge >= 0.3 is 5.97 Å². The summed E-state index contributed by atoms with van der Waals surface area (Å²) in [7, 11) is -2.53. The Labute approximate surface area is 75.7 Å². The van der Waals surface area contributed by atoms with Crippen molar-refractivity contribution in [3.63, 3.8) is 0 Å². The average Bonchev–Trinajstić information content (AvgIpc) is 2.03.